The molecule has 1 amide bonds. The second-order valence-electron chi connectivity index (χ2n) is 4.89. The zero-order chi connectivity index (χ0) is 13.8. The minimum absolute atomic E-state index is 0.0522. The summed E-state index contributed by atoms with van der Waals surface area (Å²) in [6.07, 6.45) is 0.387. The molecule has 0 radical (unpaired) electrons. The number of hydrogen-bond acceptors (Lipinski definition) is 2. The van der Waals surface area contributed by atoms with Crippen molar-refractivity contribution in [1.29, 1.82) is 0 Å². The molecular weight excluding hydrogens is 311 g/mol. The molecule has 1 aromatic rings. The topological polar surface area (TPSA) is 23.6 Å². The predicted octanol–water partition coefficient (Wildman–Crippen LogP) is 1.91. The van der Waals surface area contributed by atoms with Gasteiger partial charge in [0.25, 0.3) is 0 Å². The molecule has 1 fully saturated rings. The van der Waals surface area contributed by atoms with Gasteiger partial charge in [0.15, 0.2) is 0 Å². The monoisotopic (exact) mass is 328 g/mol. The molecule has 1 atom stereocenters. The summed E-state index contributed by atoms with van der Waals surface area (Å²) in [7, 11) is 2.05. The smallest absolute Gasteiger partial charge is 0.236 e. The van der Waals surface area contributed by atoms with Crippen LogP contribution in [-0.4, -0.2) is 53.8 Å². The lowest BCUT2D eigenvalue weighted by molar-refractivity contribution is -0.132. The zero-order valence-corrected chi connectivity index (χ0v) is 12.6. The molecule has 1 aliphatic heterocycles. The molecule has 1 unspecified atom stereocenters. The number of amides is 1. The van der Waals surface area contributed by atoms with E-state index < -0.39 is 0 Å². The highest BCUT2D eigenvalue weighted by Crippen LogP contribution is 2.16. The Balaban J connectivity index is 1.94. The first-order valence-corrected chi connectivity index (χ1v) is 7.34. The average molecular weight is 329 g/mol. The summed E-state index contributed by atoms with van der Waals surface area (Å²) in [5, 5.41) is 0. The van der Waals surface area contributed by atoms with Crippen molar-refractivity contribution < 1.29 is 9.18 Å². The number of rotatable bonds is 3. The summed E-state index contributed by atoms with van der Waals surface area (Å²) in [6, 6.07) is 6.60. The van der Waals surface area contributed by atoms with E-state index in [2.05, 4.69) is 20.8 Å². The van der Waals surface area contributed by atoms with Crippen molar-refractivity contribution in [3.63, 3.8) is 0 Å². The van der Waals surface area contributed by atoms with Gasteiger partial charge >= 0.3 is 0 Å². The number of likely N-dealkylation sites (N-methyl/N-ethyl adjacent to an activating group) is 1. The van der Waals surface area contributed by atoms with E-state index in [0.29, 0.717) is 12.0 Å². The zero-order valence-electron chi connectivity index (χ0n) is 11.0. The molecule has 1 aromatic carbocycles. The highest BCUT2D eigenvalue weighted by molar-refractivity contribution is 9.10. The third-order valence-electron chi connectivity index (χ3n) is 3.44. The van der Waals surface area contributed by atoms with Gasteiger partial charge in [0.05, 0.1) is 4.83 Å². The summed E-state index contributed by atoms with van der Waals surface area (Å²) in [5.41, 5.74) is 0.576. The second-order valence-corrected chi connectivity index (χ2v) is 6.00. The average Bonchev–Trinajstić information content (AvgIpc) is 2.41. The minimum atomic E-state index is -0.354. The van der Waals surface area contributed by atoms with Crippen molar-refractivity contribution in [2.75, 3.05) is 33.2 Å². The summed E-state index contributed by atoms with van der Waals surface area (Å²) in [4.78, 5) is 16.0. The largest absolute Gasteiger partial charge is 0.339 e. The molecule has 0 N–H and O–H groups in total. The summed E-state index contributed by atoms with van der Waals surface area (Å²) < 4.78 is 13.6. The van der Waals surface area contributed by atoms with Gasteiger partial charge in [-0.15, -0.1) is 0 Å². The molecule has 1 aliphatic rings. The Morgan fingerprint density at radius 1 is 1.32 bits per heavy atom. The minimum Gasteiger partial charge on any atom is -0.339 e. The Morgan fingerprint density at radius 2 is 1.95 bits per heavy atom. The summed E-state index contributed by atoms with van der Waals surface area (Å²) in [6.45, 7) is 3.28. The van der Waals surface area contributed by atoms with Crippen LogP contribution in [0.3, 0.4) is 0 Å². The Hall–Kier alpha value is -0.940. The number of alkyl halides is 1. The fourth-order valence-electron chi connectivity index (χ4n) is 2.17. The molecule has 2 rings (SSSR count). The fraction of sp³-hybridized carbons (Fsp3) is 0.500. The number of carbonyl (C=O) groups is 1. The van der Waals surface area contributed by atoms with Crippen LogP contribution in [0.15, 0.2) is 24.3 Å². The van der Waals surface area contributed by atoms with Gasteiger partial charge in [0.2, 0.25) is 5.91 Å². The Bertz CT molecular complexity index is 447. The normalized spacial score (nSPS) is 18.4. The Morgan fingerprint density at radius 3 is 2.58 bits per heavy atom. The molecule has 1 saturated heterocycles. The first-order chi connectivity index (χ1) is 9.08. The molecule has 1 heterocycles. The molecule has 3 nitrogen and oxygen atoms in total. The summed E-state index contributed by atoms with van der Waals surface area (Å²) >= 11 is 3.39. The first kappa shape index (κ1) is 14.5. The van der Waals surface area contributed by atoms with Crippen molar-refractivity contribution in [3.05, 3.63) is 35.6 Å². The molecule has 0 saturated carbocycles. The molecule has 0 spiro atoms. The standard InChI is InChI=1S/C14H18BrFN2O/c1-17-6-8-18(9-7-17)14(19)12(15)10-11-4-2-3-5-13(11)16/h2-5,12H,6-10H2,1H3. The third-order valence-corrected chi connectivity index (χ3v) is 4.16. The molecule has 5 heteroatoms. The van der Waals surface area contributed by atoms with Crippen LogP contribution in [0.1, 0.15) is 5.56 Å². The molecule has 104 valence electrons. The van der Waals surface area contributed by atoms with Crippen LogP contribution < -0.4 is 0 Å². The first-order valence-electron chi connectivity index (χ1n) is 6.42. The van der Waals surface area contributed by atoms with Crippen LogP contribution in [0.5, 0.6) is 0 Å². The lowest BCUT2D eigenvalue weighted by Crippen LogP contribution is -2.49. The number of benzene rings is 1. The van der Waals surface area contributed by atoms with Gasteiger partial charge in [0, 0.05) is 26.2 Å². The van der Waals surface area contributed by atoms with Crippen LogP contribution in [0.4, 0.5) is 4.39 Å². The van der Waals surface area contributed by atoms with Crippen molar-refractivity contribution in [2.45, 2.75) is 11.2 Å². The predicted molar refractivity (Wildman–Crippen MR) is 76.9 cm³/mol. The van der Waals surface area contributed by atoms with Crippen LogP contribution in [0, 0.1) is 5.82 Å². The van der Waals surface area contributed by atoms with Gasteiger partial charge in [-0.1, -0.05) is 34.1 Å². The highest BCUT2D eigenvalue weighted by Gasteiger charge is 2.25. The molecule has 0 aliphatic carbocycles. The third kappa shape index (κ3) is 3.76. The highest BCUT2D eigenvalue weighted by atomic mass is 79.9. The number of nitrogens with zero attached hydrogens (tertiary/aromatic N) is 2. The van der Waals surface area contributed by atoms with E-state index >= 15 is 0 Å². The van der Waals surface area contributed by atoms with Crippen molar-refractivity contribution in [3.8, 4) is 0 Å². The molecule has 0 aromatic heterocycles. The lowest BCUT2D eigenvalue weighted by atomic mass is 10.1. The SMILES string of the molecule is CN1CCN(C(=O)C(Br)Cc2ccccc2F)CC1. The summed E-state index contributed by atoms with van der Waals surface area (Å²) in [5.74, 6) is -0.200. The quantitative estimate of drug-likeness (QED) is 0.791. The number of piperazine rings is 1. The van der Waals surface area contributed by atoms with Gasteiger partial charge in [-0.2, -0.15) is 0 Å². The van der Waals surface area contributed by atoms with Gasteiger partial charge in [-0.3, -0.25) is 4.79 Å². The van der Waals surface area contributed by atoms with Crippen LogP contribution >= 0.6 is 15.9 Å². The van der Waals surface area contributed by atoms with E-state index in [1.165, 1.54) is 6.07 Å². The van der Waals surface area contributed by atoms with Gasteiger partial charge < -0.3 is 9.80 Å². The van der Waals surface area contributed by atoms with Crippen LogP contribution in [0.2, 0.25) is 0 Å². The maximum Gasteiger partial charge on any atom is 0.236 e. The Kier molecular flexibility index (Phi) is 4.93. The van der Waals surface area contributed by atoms with E-state index in [1.54, 1.807) is 18.2 Å². The van der Waals surface area contributed by atoms with Gasteiger partial charge in [0.1, 0.15) is 5.82 Å². The van der Waals surface area contributed by atoms with Crippen molar-refractivity contribution in [2.24, 2.45) is 0 Å². The number of carbonyl (C=O) groups excluding carboxylic acids is 1. The lowest BCUT2D eigenvalue weighted by Gasteiger charge is -2.33. The van der Waals surface area contributed by atoms with Gasteiger partial charge in [-0.25, -0.2) is 4.39 Å². The maximum atomic E-state index is 13.6. The van der Waals surface area contributed by atoms with Gasteiger partial charge in [-0.05, 0) is 25.1 Å². The van der Waals surface area contributed by atoms with E-state index in [4.69, 9.17) is 0 Å². The molecule has 0 bridgehead atoms. The number of halogens is 2. The van der Waals surface area contributed by atoms with Crippen LogP contribution in [0.25, 0.3) is 0 Å². The maximum absolute atomic E-state index is 13.6. The van der Waals surface area contributed by atoms with Crippen molar-refractivity contribution in [1.82, 2.24) is 9.80 Å². The van der Waals surface area contributed by atoms with E-state index in [-0.39, 0.29) is 16.6 Å². The Labute approximate surface area is 121 Å². The fourth-order valence-corrected chi connectivity index (χ4v) is 2.81. The molecule has 19 heavy (non-hydrogen) atoms. The molecular formula is C14H18BrFN2O. The van der Waals surface area contributed by atoms with E-state index in [1.807, 2.05) is 11.9 Å². The van der Waals surface area contributed by atoms with E-state index in [9.17, 15) is 9.18 Å². The van der Waals surface area contributed by atoms with Crippen molar-refractivity contribution >= 4 is 21.8 Å². The van der Waals surface area contributed by atoms with Crippen LogP contribution in [-0.2, 0) is 11.2 Å². The number of hydrogen-bond donors (Lipinski definition) is 0. The second kappa shape index (κ2) is 6.48. The van der Waals surface area contributed by atoms with E-state index in [0.717, 1.165) is 26.2 Å².